The van der Waals surface area contributed by atoms with Crippen LogP contribution in [0.1, 0.15) is 0 Å². The first-order chi connectivity index (χ1) is 9.34. The molecule has 0 atom stereocenters. The molecule has 0 radical (unpaired) electrons. The van der Waals surface area contributed by atoms with Crippen LogP contribution >= 0.6 is 30.8 Å². The van der Waals surface area contributed by atoms with E-state index in [4.69, 9.17) is 37.4 Å². The molecule has 0 aliphatic rings. The maximum absolute atomic E-state index is 11.1. The quantitative estimate of drug-likeness (QED) is 0.626. The molecule has 104 valence electrons. The highest BCUT2D eigenvalue weighted by atomic mass is 35.5. The minimum Gasteiger partial charge on any atom is -0.445 e. The first-order valence-electron chi connectivity index (χ1n) is 5.35. The number of rotatable bonds is 2. The third-order valence-electron chi connectivity index (χ3n) is 2.62. The number of imidazole rings is 1. The second-order valence-corrected chi connectivity index (χ2v) is 6.42. The Hall–Kier alpha value is -1.30. The fourth-order valence-corrected chi connectivity index (χ4v) is 2.79. The molecule has 0 saturated carbocycles. The zero-order chi connectivity index (χ0) is 14.5. The molecule has 6 nitrogen and oxygen atoms in total. The maximum atomic E-state index is 11.1. The Kier molecular flexibility index (Phi) is 3.16. The summed E-state index contributed by atoms with van der Waals surface area (Å²) in [5.74, 6) is 0.510. The van der Waals surface area contributed by atoms with Crippen molar-refractivity contribution < 1.29 is 18.8 Å². The van der Waals surface area contributed by atoms with Gasteiger partial charge in [0.05, 0.1) is 10.5 Å². The Morgan fingerprint density at radius 3 is 2.65 bits per heavy atom. The average molecular weight is 333 g/mol. The highest BCUT2D eigenvalue weighted by Gasteiger charge is 2.23. The summed E-state index contributed by atoms with van der Waals surface area (Å²) in [6, 6.07) is 5.82. The summed E-state index contributed by atoms with van der Waals surface area (Å²) in [5, 5.41) is 0.824. The molecule has 2 aromatic heterocycles. The summed E-state index contributed by atoms with van der Waals surface area (Å²) < 4.78 is 16.2. The normalized spacial score (nSPS) is 12.2. The van der Waals surface area contributed by atoms with E-state index in [0.717, 1.165) is 0 Å². The minimum absolute atomic E-state index is 0.201. The Bertz CT molecular complexity index is 851. The number of H-pyrrole nitrogens is 1. The molecule has 0 amide bonds. The van der Waals surface area contributed by atoms with E-state index in [0.29, 0.717) is 26.9 Å². The molecule has 2 heterocycles. The number of halogens is 2. The van der Waals surface area contributed by atoms with Crippen LogP contribution in [0.15, 0.2) is 28.7 Å². The molecule has 0 unspecified atom stereocenters. The van der Waals surface area contributed by atoms with Gasteiger partial charge >= 0.3 is 7.60 Å². The smallest absolute Gasteiger partial charge is 0.391 e. The largest absolute Gasteiger partial charge is 0.445 e. The zero-order valence-electron chi connectivity index (χ0n) is 9.67. The van der Waals surface area contributed by atoms with Gasteiger partial charge in [-0.3, -0.25) is 4.57 Å². The van der Waals surface area contributed by atoms with E-state index < -0.39 is 13.1 Å². The Labute approximate surface area is 122 Å². The van der Waals surface area contributed by atoms with Gasteiger partial charge in [-0.1, -0.05) is 23.2 Å². The molecule has 9 heteroatoms. The number of nitrogens with zero attached hydrogens (tertiary/aromatic N) is 1. The number of nitrogens with one attached hydrogen (secondary N) is 1. The second kappa shape index (κ2) is 4.62. The molecular weight excluding hydrogens is 326 g/mol. The summed E-state index contributed by atoms with van der Waals surface area (Å²) in [6.45, 7) is 0. The third kappa shape index (κ3) is 2.37. The van der Waals surface area contributed by atoms with Gasteiger partial charge in [0.2, 0.25) is 5.50 Å². The minimum atomic E-state index is -4.43. The van der Waals surface area contributed by atoms with Crippen LogP contribution in [0.3, 0.4) is 0 Å². The number of hydrogen-bond donors (Lipinski definition) is 3. The summed E-state index contributed by atoms with van der Waals surface area (Å²) in [5.41, 5.74) is 0.684. The van der Waals surface area contributed by atoms with Gasteiger partial charge in [-0.2, -0.15) is 0 Å². The molecule has 0 saturated heterocycles. The monoisotopic (exact) mass is 332 g/mol. The lowest BCUT2D eigenvalue weighted by molar-refractivity contribution is 0.377. The topological polar surface area (TPSA) is 99.4 Å². The van der Waals surface area contributed by atoms with Crippen molar-refractivity contribution in [1.29, 1.82) is 0 Å². The Morgan fingerprint density at radius 2 is 2.00 bits per heavy atom. The number of hydrogen-bond acceptors (Lipinski definition) is 3. The summed E-state index contributed by atoms with van der Waals surface area (Å²) in [6.07, 6.45) is 0. The number of aromatic nitrogens is 2. The number of aromatic amines is 1. The van der Waals surface area contributed by atoms with Crippen molar-refractivity contribution in [2.75, 3.05) is 0 Å². The predicted octanol–water partition coefficient (Wildman–Crippen LogP) is 2.93. The zero-order valence-corrected chi connectivity index (χ0v) is 12.1. The summed E-state index contributed by atoms with van der Waals surface area (Å²) in [4.78, 5) is 25.2. The molecule has 3 rings (SSSR count). The molecule has 0 aliphatic heterocycles. The van der Waals surface area contributed by atoms with Gasteiger partial charge in [0.1, 0.15) is 5.52 Å². The number of benzene rings is 1. The van der Waals surface area contributed by atoms with Crippen LogP contribution in [0, 0.1) is 0 Å². The molecule has 0 spiro atoms. The van der Waals surface area contributed by atoms with Gasteiger partial charge in [0, 0.05) is 5.02 Å². The maximum Gasteiger partial charge on any atom is 0.391 e. The Balaban J connectivity index is 2.13. The van der Waals surface area contributed by atoms with Crippen LogP contribution in [0.25, 0.3) is 22.6 Å². The molecule has 0 aliphatic carbocycles. The summed E-state index contributed by atoms with van der Waals surface area (Å²) in [7, 11) is -4.43. The van der Waals surface area contributed by atoms with Gasteiger partial charge in [0.25, 0.3) is 0 Å². The van der Waals surface area contributed by atoms with Crippen molar-refractivity contribution in [3.05, 3.63) is 34.3 Å². The molecule has 1 aromatic carbocycles. The lowest BCUT2D eigenvalue weighted by Gasteiger charge is -1.97. The van der Waals surface area contributed by atoms with Crippen LogP contribution in [0.5, 0.6) is 0 Å². The van der Waals surface area contributed by atoms with Crippen molar-refractivity contribution in [2.45, 2.75) is 0 Å². The fourth-order valence-electron chi connectivity index (χ4n) is 1.77. The standard InChI is InChI=1S/C11H7Cl2N2O4P/c12-5-3-6(13)10-7(4-5)14-11(15-10)8-1-2-9(19-8)20(16,17)18/h1-4H,(H,14,15)(H2,16,17,18). The van der Waals surface area contributed by atoms with Crippen molar-refractivity contribution in [2.24, 2.45) is 0 Å². The van der Waals surface area contributed by atoms with E-state index >= 15 is 0 Å². The Morgan fingerprint density at radius 1 is 1.25 bits per heavy atom. The number of fused-ring (bicyclic) bond motifs is 1. The second-order valence-electron chi connectivity index (χ2n) is 4.05. The van der Waals surface area contributed by atoms with Gasteiger partial charge < -0.3 is 19.2 Å². The molecule has 3 aromatic rings. The van der Waals surface area contributed by atoms with E-state index in [1.807, 2.05) is 0 Å². The molecular formula is C11H7Cl2N2O4P. The van der Waals surface area contributed by atoms with Crippen LogP contribution in [0.2, 0.25) is 10.0 Å². The first-order valence-corrected chi connectivity index (χ1v) is 7.72. The van der Waals surface area contributed by atoms with E-state index in [2.05, 4.69) is 9.97 Å². The highest BCUT2D eigenvalue weighted by Crippen LogP contribution is 2.35. The van der Waals surface area contributed by atoms with Crippen molar-refractivity contribution in [1.82, 2.24) is 9.97 Å². The van der Waals surface area contributed by atoms with Gasteiger partial charge in [-0.15, -0.1) is 0 Å². The third-order valence-corrected chi connectivity index (χ3v) is 3.94. The van der Waals surface area contributed by atoms with Crippen molar-refractivity contribution in [3.63, 3.8) is 0 Å². The predicted molar refractivity (Wildman–Crippen MR) is 75.5 cm³/mol. The fraction of sp³-hybridized carbons (Fsp3) is 0. The van der Waals surface area contributed by atoms with Crippen LogP contribution < -0.4 is 5.50 Å². The van der Waals surface area contributed by atoms with E-state index in [1.165, 1.54) is 12.1 Å². The van der Waals surface area contributed by atoms with Crippen molar-refractivity contribution >= 4 is 47.3 Å². The first kappa shape index (κ1) is 13.7. The van der Waals surface area contributed by atoms with Crippen LogP contribution in [-0.4, -0.2) is 19.8 Å². The average Bonchev–Trinajstić information content (AvgIpc) is 2.91. The van der Waals surface area contributed by atoms with E-state index in [9.17, 15) is 4.57 Å². The number of furan rings is 1. The summed E-state index contributed by atoms with van der Waals surface area (Å²) >= 11 is 11.9. The van der Waals surface area contributed by atoms with Gasteiger partial charge in [-0.05, 0) is 24.3 Å². The van der Waals surface area contributed by atoms with Crippen molar-refractivity contribution in [3.8, 4) is 11.6 Å². The lowest BCUT2D eigenvalue weighted by Crippen LogP contribution is -1.98. The lowest BCUT2D eigenvalue weighted by atomic mass is 10.3. The molecule has 3 N–H and O–H groups in total. The molecule has 0 fully saturated rings. The SMILES string of the molecule is O=P(O)(O)c1ccc(-c2nc3c(Cl)cc(Cl)cc3[nH]2)o1. The molecule has 0 bridgehead atoms. The molecule has 20 heavy (non-hydrogen) atoms. The van der Waals surface area contributed by atoms with Gasteiger partial charge in [0.15, 0.2) is 11.6 Å². The van der Waals surface area contributed by atoms with Gasteiger partial charge in [-0.25, -0.2) is 4.98 Å². The van der Waals surface area contributed by atoms with E-state index in [-0.39, 0.29) is 5.76 Å². The van der Waals surface area contributed by atoms with Crippen LogP contribution in [0.4, 0.5) is 0 Å². The highest BCUT2D eigenvalue weighted by molar-refractivity contribution is 7.59. The van der Waals surface area contributed by atoms with Crippen LogP contribution in [-0.2, 0) is 4.57 Å². The van der Waals surface area contributed by atoms with E-state index in [1.54, 1.807) is 12.1 Å².